The first kappa shape index (κ1) is 10.3. The number of primary amides is 1. The van der Waals surface area contributed by atoms with Crippen LogP contribution >= 0.6 is 0 Å². The molecule has 1 rings (SSSR count). The summed E-state index contributed by atoms with van der Waals surface area (Å²) < 4.78 is 5.27. The summed E-state index contributed by atoms with van der Waals surface area (Å²) in [6, 6.07) is 7.43. The fourth-order valence-electron chi connectivity index (χ4n) is 1.02. The van der Waals surface area contributed by atoms with Crippen LogP contribution in [0.3, 0.4) is 0 Å². The molecule has 0 fully saturated rings. The molecular weight excluding hydrogens is 178 g/mol. The molecule has 3 nitrogen and oxygen atoms in total. The Morgan fingerprint density at radius 3 is 2.57 bits per heavy atom. The molecule has 0 saturated carbocycles. The van der Waals surface area contributed by atoms with Crippen LogP contribution in [0.4, 0.5) is 0 Å². The molecule has 3 heteroatoms. The molecule has 0 aromatic heterocycles. The predicted octanol–water partition coefficient (Wildman–Crippen LogP) is 1.58. The number of nitrogens with two attached hydrogens (primary N) is 1. The molecule has 74 valence electrons. The summed E-state index contributed by atoms with van der Waals surface area (Å²) in [6.07, 6.45) is 2.99. The van der Waals surface area contributed by atoms with E-state index in [1.54, 1.807) is 6.08 Å². The lowest BCUT2D eigenvalue weighted by Crippen LogP contribution is -2.05. The van der Waals surface area contributed by atoms with E-state index in [2.05, 4.69) is 0 Å². The first-order chi connectivity index (χ1) is 6.72. The summed E-state index contributed by atoms with van der Waals surface area (Å²) in [5.41, 5.74) is 5.89. The molecule has 0 aliphatic heterocycles. The Bertz CT molecular complexity index is 328. The largest absolute Gasteiger partial charge is 0.494 e. The zero-order chi connectivity index (χ0) is 10.4. The SMILES string of the molecule is CCOc1ccc(C=CC(N)=O)cc1. The normalized spacial score (nSPS) is 10.4. The molecule has 0 heterocycles. The maximum absolute atomic E-state index is 10.5. The number of rotatable bonds is 4. The van der Waals surface area contributed by atoms with E-state index in [0.29, 0.717) is 6.61 Å². The highest BCUT2D eigenvalue weighted by Gasteiger charge is 1.91. The molecule has 0 aliphatic rings. The molecule has 0 saturated heterocycles. The molecule has 0 spiro atoms. The maximum Gasteiger partial charge on any atom is 0.241 e. The van der Waals surface area contributed by atoms with E-state index >= 15 is 0 Å². The highest BCUT2D eigenvalue weighted by Crippen LogP contribution is 2.12. The van der Waals surface area contributed by atoms with Gasteiger partial charge in [0.25, 0.3) is 0 Å². The van der Waals surface area contributed by atoms with Crippen LogP contribution in [0.2, 0.25) is 0 Å². The smallest absolute Gasteiger partial charge is 0.241 e. The summed E-state index contributed by atoms with van der Waals surface area (Å²) in [4.78, 5) is 10.5. The van der Waals surface area contributed by atoms with Crippen molar-refractivity contribution in [1.82, 2.24) is 0 Å². The van der Waals surface area contributed by atoms with Crippen LogP contribution in [0.15, 0.2) is 30.3 Å². The van der Waals surface area contributed by atoms with E-state index < -0.39 is 5.91 Å². The zero-order valence-corrected chi connectivity index (χ0v) is 8.07. The topological polar surface area (TPSA) is 52.3 Å². The highest BCUT2D eigenvalue weighted by atomic mass is 16.5. The Labute approximate surface area is 83.2 Å². The maximum atomic E-state index is 10.5. The van der Waals surface area contributed by atoms with Gasteiger partial charge in [0, 0.05) is 6.08 Å². The summed E-state index contributed by atoms with van der Waals surface area (Å²) in [6.45, 7) is 2.58. The van der Waals surface area contributed by atoms with E-state index in [1.807, 2.05) is 31.2 Å². The quantitative estimate of drug-likeness (QED) is 0.734. The molecule has 1 amide bonds. The fourth-order valence-corrected chi connectivity index (χ4v) is 1.02. The van der Waals surface area contributed by atoms with Crippen LogP contribution < -0.4 is 10.5 Å². The lowest BCUT2D eigenvalue weighted by Gasteiger charge is -2.01. The number of hydrogen-bond donors (Lipinski definition) is 1. The first-order valence-corrected chi connectivity index (χ1v) is 4.42. The van der Waals surface area contributed by atoms with Crippen LogP contribution in [0.25, 0.3) is 6.08 Å². The minimum absolute atomic E-state index is 0.445. The second kappa shape index (κ2) is 5.07. The minimum atomic E-state index is -0.445. The number of carbonyl (C=O) groups is 1. The van der Waals surface area contributed by atoms with E-state index in [1.165, 1.54) is 6.08 Å². The fraction of sp³-hybridized carbons (Fsp3) is 0.182. The van der Waals surface area contributed by atoms with Gasteiger partial charge in [0.05, 0.1) is 6.61 Å². The molecule has 0 radical (unpaired) electrons. The van der Waals surface area contributed by atoms with E-state index in [9.17, 15) is 4.79 Å². The van der Waals surface area contributed by atoms with Gasteiger partial charge in [0.1, 0.15) is 5.75 Å². The van der Waals surface area contributed by atoms with Crippen molar-refractivity contribution < 1.29 is 9.53 Å². The van der Waals surface area contributed by atoms with Gasteiger partial charge in [-0.25, -0.2) is 0 Å². The third kappa shape index (κ3) is 3.31. The van der Waals surface area contributed by atoms with Gasteiger partial charge < -0.3 is 10.5 Å². The van der Waals surface area contributed by atoms with Gasteiger partial charge >= 0.3 is 0 Å². The molecule has 1 aromatic rings. The van der Waals surface area contributed by atoms with Gasteiger partial charge in [-0.15, -0.1) is 0 Å². The van der Waals surface area contributed by atoms with Crippen molar-refractivity contribution in [3.63, 3.8) is 0 Å². The summed E-state index contributed by atoms with van der Waals surface area (Å²) in [5.74, 6) is 0.377. The molecular formula is C11H13NO2. The van der Waals surface area contributed by atoms with Crippen LogP contribution in [0.1, 0.15) is 12.5 Å². The van der Waals surface area contributed by atoms with Crippen LogP contribution in [-0.2, 0) is 4.79 Å². The third-order valence-electron chi connectivity index (χ3n) is 1.63. The van der Waals surface area contributed by atoms with Gasteiger partial charge in [-0.1, -0.05) is 12.1 Å². The van der Waals surface area contributed by atoms with Crippen molar-refractivity contribution in [2.24, 2.45) is 5.73 Å². The minimum Gasteiger partial charge on any atom is -0.494 e. The Morgan fingerprint density at radius 1 is 1.43 bits per heavy atom. The molecule has 0 bridgehead atoms. The lowest BCUT2D eigenvalue weighted by atomic mass is 10.2. The average Bonchev–Trinajstić information content (AvgIpc) is 2.17. The Kier molecular flexibility index (Phi) is 3.73. The van der Waals surface area contributed by atoms with E-state index in [4.69, 9.17) is 10.5 Å². The van der Waals surface area contributed by atoms with Gasteiger partial charge in [0.2, 0.25) is 5.91 Å². The Hall–Kier alpha value is -1.77. The van der Waals surface area contributed by atoms with Crippen LogP contribution in [0.5, 0.6) is 5.75 Å². The van der Waals surface area contributed by atoms with Gasteiger partial charge in [-0.3, -0.25) is 4.79 Å². The number of amides is 1. The Balaban J connectivity index is 2.68. The molecule has 0 unspecified atom stereocenters. The number of benzene rings is 1. The molecule has 0 atom stereocenters. The zero-order valence-electron chi connectivity index (χ0n) is 8.07. The number of carbonyl (C=O) groups excluding carboxylic acids is 1. The standard InChI is InChI=1S/C11H13NO2/c1-2-14-10-6-3-9(4-7-10)5-8-11(12)13/h3-8H,2H2,1H3,(H2,12,13). The van der Waals surface area contributed by atoms with E-state index in [0.717, 1.165) is 11.3 Å². The van der Waals surface area contributed by atoms with Crippen molar-refractivity contribution in [3.8, 4) is 5.75 Å². The number of hydrogen-bond acceptors (Lipinski definition) is 2. The average molecular weight is 191 g/mol. The summed E-state index contributed by atoms with van der Waals surface area (Å²) >= 11 is 0. The molecule has 1 aromatic carbocycles. The van der Waals surface area contributed by atoms with Gasteiger partial charge in [0.15, 0.2) is 0 Å². The van der Waals surface area contributed by atoms with Crippen molar-refractivity contribution in [2.75, 3.05) is 6.61 Å². The second-order valence-corrected chi connectivity index (χ2v) is 2.74. The Morgan fingerprint density at radius 2 is 2.07 bits per heavy atom. The monoisotopic (exact) mass is 191 g/mol. The van der Waals surface area contributed by atoms with Gasteiger partial charge in [-0.2, -0.15) is 0 Å². The molecule has 14 heavy (non-hydrogen) atoms. The highest BCUT2D eigenvalue weighted by molar-refractivity contribution is 5.90. The first-order valence-electron chi connectivity index (χ1n) is 4.42. The van der Waals surface area contributed by atoms with Gasteiger partial charge in [-0.05, 0) is 30.7 Å². The van der Waals surface area contributed by atoms with Crippen molar-refractivity contribution in [3.05, 3.63) is 35.9 Å². The lowest BCUT2D eigenvalue weighted by molar-refractivity contribution is -0.113. The van der Waals surface area contributed by atoms with Crippen LogP contribution in [-0.4, -0.2) is 12.5 Å². The van der Waals surface area contributed by atoms with Crippen molar-refractivity contribution in [2.45, 2.75) is 6.92 Å². The van der Waals surface area contributed by atoms with Crippen LogP contribution in [0, 0.1) is 0 Å². The van der Waals surface area contributed by atoms with Crippen molar-refractivity contribution in [1.29, 1.82) is 0 Å². The predicted molar refractivity (Wildman–Crippen MR) is 55.8 cm³/mol. The van der Waals surface area contributed by atoms with E-state index in [-0.39, 0.29) is 0 Å². The third-order valence-corrected chi connectivity index (χ3v) is 1.63. The number of ether oxygens (including phenoxy) is 1. The summed E-state index contributed by atoms with van der Waals surface area (Å²) in [7, 11) is 0. The van der Waals surface area contributed by atoms with Crippen molar-refractivity contribution >= 4 is 12.0 Å². The molecule has 2 N–H and O–H groups in total. The summed E-state index contributed by atoms with van der Waals surface area (Å²) in [5, 5.41) is 0. The molecule has 0 aliphatic carbocycles. The second-order valence-electron chi connectivity index (χ2n) is 2.74.